The van der Waals surface area contributed by atoms with Crippen LogP contribution in [0.1, 0.15) is 17.4 Å². The van der Waals surface area contributed by atoms with Crippen molar-refractivity contribution in [3.8, 4) is 11.5 Å². The third kappa shape index (κ3) is 3.03. The molecule has 0 aliphatic heterocycles. The zero-order chi connectivity index (χ0) is 14.5. The number of rotatable bonds is 5. The van der Waals surface area contributed by atoms with Gasteiger partial charge in [-0.3, -0.25) is 4.98 Å². The molecule has 0 spiro atoms. The van der Waals surface area contributed by atoms with E-state index in [4.69, 9.17) is 21.1 Å². The van der Waals surface area contributed by atoms with Crippen molar-refractivity contribution in [1.29, 1.82) is 0 Å². The summed E-state index contributed by atoms with van der Waals surface area (Å²) >= 11 is 6.27. The molecule has 1 unspecified atom stereocenters. The van der Waals surface area contributed by atoms with Gasteiger partial charge in [0.25, 0.3) is 0 Å². The molecule has 0 radical (unpaired) electrons. The average Bonchev–Trinajstić information content (AvgIpc) is 2.47. The Morgan fingerprint density at radius 2 is 2.00 bits per heavy atom. The van der Waals surface area contributed by atoms with Crippen LogP contribution in [-0.2, 0) is 6.42 Å². The van der Waals surface area contributed by atoms with Gasteiger partial charge in [0.05, 0.1) is 25.3 Å². The van der Waals surface area contributed by atoms with Crippen molar-refractivity contribution in [2.45, 2.75) is 12.5 Å². The van der Waals surface area contributed by atoms with Crippen LogP contribution >= 0.6 is 11.6 Å². The molecule has 2 aromatic rings. The van der Waals surface area contributed by atoms with Crippen LogP contribution in [0.2, 0.25) is 5.02 Å². The molecule has 0 aliphatic rings. The number of methoxy groups -OCH3 is 2. The fraction of sp³-hybridized carbons (Fsp3) is 0.267. The van der Waals surface area contributed by atoms with Crippen LogP contribution in [0.25, 0.3) is 0 Å². The van der Waals surface area contributed by atoms with Crippen molar-refractivity contribution in [2.75, 3.05) is 14.2 Å². The zero-order valence-electron chi connectivity index (χ0n) is 11.3. The van der Waals surface area contributed by atoms with Gasteiger partial charge >= 0.3 is 0 Å². The van der Waals surface area contributed by atoms with Crippen LogP contribution < -0.4 is 9.47 Å². The van der Waals surface area contributed by atoms with Crippen LogP contribution in [-0.4, -0.2) is 24.3 Å². The lowest BCUT2D eigenvalue weighted by Crippen LogP contribution is -2.05. The maximum atomic E-state index is 10.3. The average molecular weight is 294 g/mol. The van der Waals surface area contributed by atoms with E-state index in [0.717, 1.165) is 5.69 Å². The van der Waals surface area contributed by atoms with Crippen molar-refractivity contribution >= 4 is 11.6 Å². The largest absolute Gasteiger partial charge is 0.493 e. The van der Waals surface area contributed by atoms with Gasteiger partial charge in [-0.2, -0.15) is 0 Å². The third-order valence-electron chi connectivity index (χ3n) is 3.00. The molecule has 0 fully saturated rings. The molecule has 0 saturated carbocycles. The predicted molar refractivity (Wildman–Crippen MR) is 77.5 cm³/mol. The molecule has 106 valence electrons. The summed E-state index contributed by atoms with van der Waals surface area (Å²) in [5, 5.41) is 10.7. The summed E-state index contributed by atoms with van der Waals surface area (Å²) in [6.07, 6.45) is 1.33. The number of halogens is 1. The van der Waals surface area contributed by atoms with Crippen molar-refractivity contribution in [1.82, 2.24) is 4.98 Å². The molecule has 1 aromatic heterocycles. The molecule has 0 saturated heterocycles. The van der Waals surface area contributed by atoms with Gasteiger partial charge in [-0.05, 0) is 18.2 Å². The molecule has 1 heterocycles. The van der Waals surface area contributed by atoms with E-state index in [1.54, 1.807) is 18.3 Å². The minimum atomic E-state index is -0.753. The van der Waals surface area contributed by atoms with E-state index in [1.807, 2.05) is 18.2 Å². The Balaban J connectivity index is 2.28. The standard InChI is InChI=1S/C15H16ClNO3/c1-19-13-7-6-11(14(16)15(13)20-2)12(18)9-10-5-3-4-8-17-10/h3-8,12,18H,9H2,1-2H3. The van der Waals surface area contributed by atoms with Crippen molar-refractivity contribution in [2.24, 2.45) is 0 Å². The summed E-state index contributed by atoms with van der Waals surface area (Å²) in [5.41, 5.74) is 1.39. The normalized spacial score (nSPS) is 12.0. The monoisotopic (exact) mass is 293 g/mol. The summed E-state index contributed by atoms with van der Waals surface area (Å²) in [6, 6.07) is 9.03. The number of aliphatic hydroxyl groups excluding tert-OH is 1. The van der Waals surface area contributed by atoms with Gasteiger partial charge in [0.15, 0.2) is 11.5 Å². The second-order valence-electron chi connectivity index (χ2n) is 4.25. The number of pyridine rings is 1. The number of hydrogen-bond donors (Lipinski definition) is 1. The smallest absolute Gasteiger partial charge is 0.179 e. The fourth-order valence-electron chi connectivity index (χ4n) is 1.99. The first-order valence-electron chi connectivity index (χ1n) is 6.15. The summed E-state index contributed by atoms with van der Waals surface area (Å²) in [7, 11) is 3.05. The van der Waals surface area contributed by atoms with Gasteiger partial charge in [0, 0.05) is 23.9 Å². The van der Waals surface area contributed by atoms with Crippen molar-refractivity contribution in [3.05, 3.63) is 52.8 Å². The van der Waals surface area contributed by atoms with E-state index in [-0.39, 0.29) is 0 Å². The summed E-state index contributed by atoms with van der Waals surface area (Å²) in [6.45, 7) is 0. The third-order valence-corrected chi connectivity index (χ3v) is 3.39. The van der Waals surface area contributed by atoms with Crippen LogP contribution in [0.3, 0.4) is 0 Å². The van der Waals surface area contributed by atoms with Crippen molar-refractivity contribution < 1.29 is 14.6 Å². The second-order valence-corrected chi connectivity index (χ2v) is 4.62. The van der Waals surface area contributed by atoms with Crippen LogP contribution in [0, 0.1) is 0 Å². The Morgan fingerprint density at radius 3 is 2.60 bits per heavy atom. The lowest BCUT2D eigenvalue weighted by atomic mass is 10.0. The Labute approximate surface area is 122 Å². The Kier molecular flexibility index (Phi) is 4.82. The van der Waals surface area contributed by atoms with Crippen LogP contribution in [0.4, 0.5) is 0 Å². The predicted octanol–water partition coefficient (Wildman–Crippen LogP) is 3.03. The van der Waals surface area contributed by atoms with E-state index in [9.17, 15) is 5.11 Å². The second kappa shape index (κ2) is 6.59. The highest BCUT2D eigenvalue weighted by Gasteiger charge is 2.19. The Morgan fingerprint density at radius 1 is 1.20 bits per heavy atom. The first-order valence-corrected chi connectivity index (χ1v) is 6.53. The number of hydrogen-bond acceptors (Lipinski definition) is 4. The molecular weight excluding hydrogens is 278 g/mol. The molecule has 1 N–H and O–H groups in total. The molecule has 1 atom stereocenters. The molecule has 20 heavy (non-hydrogen) atoms. The van der Waals surface area contributed by atoms with Gasteiger partial charge in [0.1, 0.15) is 0 Å². The number of ether oxygens (including phenoxy) is 2. The zero-order valence-corrected chi connectivity index (χ0v) is 12.1. The first kappa shape index (κ1) is 14.6. The van der Waals surface area contributed by atoms with Gasteiger partial charge in [-0.15, -0.1) is 0 Å². The highest BCUT2D eigenvalue weighted by atomic mass is 35.5. The highest BCUT2D eigenvalue weighted by Crippen LogP contribution is 2.40. The van der Waals surface area contributed by atoms with Crippen molar-refractivity contribution in [3.63, 3.8) is 0 Å². The minimum absolute atomic E-state index is 0.357. The quantitative estimate of drug-likeness (QED) is 0.920. The molecule has 5 heteroatoms. The van der Waals surface area contributed by atoms with Gasteiger partial charge in [-0.25, -0.2) is 0 Å². The van der Waals surface area contributed by atoms with Crippen LogP contribution in [0.5, 0.6) is 11.5 Å². The van der Waals surface area contributed by atoms with Gasteiger partial charge in [0.2, 0.25) is 0 Å². The van der Waals surface area contributed by atoms with E-state index < -0.39 is 6.10 Å². The van der Waals surface area contributed by atoms with E-state index in [0.29, 0.717) is 28.5 Å². The minimum Gasteiger partial charge on any atom is -0.493 e. The Hall–Kier alpha value is -1.78. The lowest BCUT2D eigenvalue weighted by Gasteiger charge is -2.16. The number of nitrogens with zero attached hydrogens (tertiary/aromatic N) is 1. The number of benzene rings is 1. The maximum absolute atomic E-state index is 10.3. The highest BCUT2D eigenvalue weighted by molar-refractivity contribution is 6.33. The Bertz CT molecular complexity index is 575. The molecule has 1 aromatic carbocycles. The number of aromatic nitrogens is 1. The lowest BCUT2D eigenvalue weighted by molar-refractivity contribution is 0.176. The van der Waals surface area contributed by atoms with E-state index >= 15 is 0 Å². The fourth-order valence-corrected chi connectivity index (χ4v) is 2.35. The summed E-state index contributed by atoms with van der Waals surface area (Å²) < 4.78 is 10.4. The molecular formula is C15H16ClNO3. The first-order chi connectivity index (χ1) is 9.67. The molecule has 0 amide bonds. The SMILES string of the molecule is COc1ccc(C(O)Cc2ccccn2)c(Cl)c1OC. The molecule has 2 rings (SSSR count). The maximum Gasteiger partial charge on any atom is 0.179 e. The summed E-state index contributed by atoms with van der Waals surface area (Å²) in [5.74, 6) is 0.957. The van der Waals surface area contributed by atoms with Gasteiger partial charge < -0.3 is 14.6 Å². The van der Waals surface area contributed by atoms with E-state index in [1.165, 1.54) is 14.2 Å². The number of aliphatic hydroxyl groups is 1. The van der Waals surface area contributed by atoms with Gasteiger partial charge in [-0.1, -0.05) is 23.7 Å². The molecule has 0 aliphatic carbocycles. The van der Waals surface area contributed by atoms with E-state index in [2.05, 4.69) is 4.98 Å². The molecule has 4 nitrogen and oxygen atoms in total. The molecule has 0 bridgehead atoms. The topological polar surface area (TPSA) is 51.6 Å². The summed E-state index contributed by atoms with van der Waals surface area (Å²) in [4.78, 5) is 4.19. The van der Waals surface area contributed by atoms with Crippen LogP contribution in [0.15, 0.2) is 36.5 Å².